The van der Waals surface area contributed by atoms with Gasteiger partial charge in [0.1, 0.15) is 0 Å². The smallest absolute Gasteiger partial charge is 0.0579 e. The van der Waals surface area contributed by atoms with Crippen LogP contribution in [0.25, 0.3) is 0 Å². The molecule has 2 rings (SSSR count). The Morgan fingerprint density at radius 3 is 2.50 bits per heavy atom. The van der Waals surface area contributed by atoms with Crippen LogP contribution in [0.4, 0.5) is 0 Å². The van der Waals surface area contributed by atoms with Gasteiger partial charge in [0.25, 0.3) is 0 Å². The quantitative estimate of drug-likeness (QED) is 0.673. The molecule has 0 aromatic heterocycles. The molecule has 0 spiro atoms. The van der Waals surface area contributed by atoms with E-state index in [1.165, 1.54) is 6.42 Å². The van der Waals surface area contributed by atoms with Crippen LogP contribution in [0.3, 0.4) is 0 Å². The molecule has 92 valence electrons. The summed E-state index contributed by atoms with van der Waals surface area (Å²) in [7, 11) is 0. The zero-order valence-corrected chi connectivity index (χ0v) is 11.1. The molecule has 0 aliphatic heterocycles. The first kappa shape index (κ1) is 12.2. The van der Waals surface area contributed by atoms with E-state index in [-0.39, 0.29) is 6.10 Å². The lowest BCUT2D eigenvalue weighted by Gasteiger charge is -2.49. The lowest BCUT2D eigenvalue weighted by Crippen LogP contribution is -2.47. The van der Waals surface area contributed by atoms with Crippen molar-refractivity contribution in [3.8, 4) is 0 Å². The highest BCUT2D eigenvalue weighted by Gasteiger charge is 2.45. The summed E-state index contributed by atoms with van der Waals surface area (Å²) in [6.45, 7) is 9.22. The molecule has 0 radical (unpaired) electrons. The minimum Gasteiger partial charge on any atom is -0.393 e. The van der Waals surface area contributed by atoms with Crippen LogP contribution in [0.15, 0.2) is 12.2 Å². The maximum Gasteiger partial charge on any atom is 0.0579 e. The van der Waals surface area contributed by atoms with Crippen molar-refractivity contribution >= 4 is 0 Å². The molecule has 2 aliphatic rings. The van der Waals surface area contributed by atoms with Gasteiger partial charge in [0.15, 0.2) is 0 Å². The summed E-state index contributed by atoms with van der Waals surface area (Å²) in [6.07, 6.45) is 6.90. The third kappa shape index (κ3) is 1.84. The van der Waals surface area contributed by atoms with E-state index in [0.717, 1.165) is 12.3 Å². The fraction of sp³-hybridized carbons (Fsp3) is 0.867. The molecular formula is C15H26O. The summed E-state index contributed by atoms with van der Waals surface area (Å²) in [4.78, 5) is 0. The molecule has 1 fully saturated rings. The van der Waals surface area contributed by atoms with Crippen molar-refractivity contribution in [1.82, 2.24) is 0 Å². The predicted molar refractivity (Wildman–Crippen MR) is 68.0 cm³/mol. The Hall–Kier alpha value is -0.300. The highest BCUT2D eigenvalue weighted by molar-refractivity contribution is 5.09. The fourth-order valence-electron chi connectivity index (χ4n) is 4.05. The van der Waals surface area contributed by atoms with Crippen molar-refractivity contribution in [2.75, 3.05) is 0 Å². The molecule has 4 unspecified atom stereocenters. The molecular weight excluding hydrogens is 196 g/mol. The molecule has 1 saturated carbocycles. The summed E-state index contributed by atoms with van der Waals surface area (Å²) in [5.74, 6) is 3.83. The summed E-state index contributed by atoms with van der Waals surface area (Å²) >= 11 is 0. The van der Waals surface area contributed by atoms with Gasteiger partial charge in [-0.1, -0.05) is 46.3 Å². The zero-order chi connectivity index (χ0) is 11.9. The average Bonchev–Trinajstić information content (AvgIpc) is 2.25. The molecule has 0 saturated heterocycles. The van der Waals surface area contributed by atoms with Crippen LogP contribution in [0.5, 0.6) is 0 Å². The minimum absolute atomic E-state index is 0.0754. The Bertz CT molecular complexity index is 271. The third-order valence-corrected chi connectivity index (χ3v) is 5.28. The summed E-state index contributed by atoms with van der Waals surface area (Å²) in [5, 5.41) is 10.4. The molecule has 2 aliphatic carbocycles. The van der Waals surface area contributed by atoms with Gasteiger partial charge in [0, 0.05) is 0 Å². The SMILES string of the molecule is CCC1C2C(C=C[C@@H]1C)C(C)[C@H](C)C[C@@H]2O. The number of fused-ring (bicyclic) bond motifs is 1. The van der Waals surface area contributed by atoms with E-state index < -0.39 is 0 Å². The van der Waals surface area contributed by atoms with Gasteiger partial charge in [-0.25, -0.2) is 0 Å². The number of rotatable bonds is 1. The van der Waals surface area contributed by atoms with E-state index in [0.29, 0.717) is 29.6 Å². The Balaban J connectivity index is 2.28. The fourth-order valence-corrected chi connectivity index (χ4v) is 4.05. The van der Waals surface area contributed by atoms with Crippen LogP contribution >= 0.6 is 0 Å². The van der Waals surface area contributed by atoms with E-state index >= 15 is 0 Å². The minimum atomic E-state index is -0.0754. The van der Waals surface area contributed by atoms with Crippen molar-refractivity contribution < 1.29 is 5.11 Å². The van der Waals surface area contributed by atoms with Crippen molar-refractivity contribution in [3.63, 3.8) is 0 Å². The van der Waals surface area contributed by atoms with Crippen LogP contribution in [0.1, 0.15) is 40.5 Å². The van der Waals surface area contributed by atoms with Crippen LogP contribution in [0.2, 0.25) is 0 Å². The number of aliphatic hydroxyl groups excluding tert-OH is 1. The van der Waals surface area contributed by atoms with Crippen LogP contribution in [-0.4, -0.2) is 11.2 Å². The molecule has 7 atom stereocenters. The number of hydrogen-bond donors (Lipinski definition) is 1. The van der Waals surface area contributed by atoms with Crippen LogP contribution < -0.4 is 0 Å². The van der Waals surface area contributed by atoms with Crippen LogP contribution in [0, 0.1) is 35.5 Å². The summed E-state index contributed by atoms with van der Waals surface area (Å²) in [5.41, 5.74) is 0. The topological polar surface area (TPSA) is 20.2 Å². The standard InChI is InChI=1S/C15H26O/c1-5-12-9(2)6-7-13-11(4)10(3)8-14(16)15(12)13/h6-7,9-16H,5,8H2,1-4H3/t9-,10+,11?,12?,13?,14-,15?/m0/s1. The lowest BCUT2D eigenvalue weighted by molar-refractivity contribution is -0.0467. The molecule has 0 amide bonds. The largest absolute Gasteiger partial charge is 0.393 e. The van der Waals surface area contributed by atoms with E-state index in [4.69, 9.17) is 0 Å². The first-order valence-corrected chi connectivity index (χ1v) is 6.92. The van der Waals surface area contributed by atoms with Crippen molar-refractivity contribution in [2.45, 2.75) is 46.6 Å². The molecule has 1 nitrogen and oxygen atoms in total. The molecule has 0 heterocycles. The van der Waals surface area contributed by atoms with Crippen molar-refractivity contribution in [2.24, 2.45) is 35.5 Å². The molecule has 1 N–H and O–H groups in total. The maximum atomic E-state index is 10.4. The molecule has 1 heteroatoms. The predicted octanol–water partition coefficient (Wildman–Crippen LogP) is 3.49. The van der Waals surface area contributed by atoms with Gasteiger partial charge >= 0.3 is 0 Å². The maximum absolute atomic E-state index is 10.4. The van der Waals surface area contributed by atoms with Gasteiger partial charge < -0.3 is 5.11 Å². The lowest BCUT2D eigenvalue weighted by atomic mass is 9.57. The number of aliphatic hydroxyl groups is 1. The Morgan fingerprint density at radius 2 is 1.88 bits per heavy atom. The Labute approximate surface area is 99.9 Å². The summed E-state index contributed by atoms with van der Waals surface area (Å²) < 4.78 is 0. The third-order valence-electron chi connectivity index (χ3n) is 5.28. The van der Waals surface area contributed by atoms with Gasteiger partial charge in [-0.2, -0.15) is 0 Å². The molecule has 0 aromatic carbocycles. The van der Waals surface area contributed by atoms with Gasteiger partial charge in [0.05, 0.1) is 6.10 Å². The first-order chi connectivity index (χ1) is 7.56. The second kappa shape index (κ2) is 4.52. The number of hydrogen-bond acceptors (Lipinski definition) is 1. The van der Waals surface area contributed by atoms with Crippen molar-refractivity contribution in [1.29, 1.82) is 0 Å². The van der Waals surface area contributed by atoms with E-state index in [2.05, 4.69) is 39.8 Å². The second-order valence-electron chi connectivity index (χ2n) is 6.11. The van der Waals surface area contributed by atoms with Gasteiger partial charge in [-0.3, -0.25) is 0 Å². The average molecular weight is 222 g/mol. The monoisotopic (exact) mass is 222 g/mol. The zero-order valence-electron chi connectivity index (χ0n) is 11.1. The normalized spacial score (nSPS) is 52.4. The molecule has 0 aromatic rings. The Kier molecular flexibility index (Phi) is 3.44. The highest BCUT2D eigenvalue weighted by atomic mass is 16.3. The van der Waals surface area contributed by atoms with E-state index in [9.17, 15) is 5.11 Å². The van der Waals surface area contributed by atoms with Gasteiger partial charge in [0.2, 0.25) is 0 Å². The second-order valence-corrected chi connectivity index (χ2v) is 6.11. The van der Waals surface area contributed by atoms with Crippen LogP contribution in [-0.2, 0) is 0 Å². The molecule has 16 heavy (non-hydrogen) atoms. The number of allylic oxidation sites excluding steroid dienone is 2. The van der Waals surface area contributed by atoms with Gasteiger partial charge in [-0.15, -0.1) is 0 Å². The first-order valence-electron chi connectivity index (χ1n) is 6.92. The summed E-state index contributed by atoms with van der Waals surface area (Å²) in [6, 6.07) is 0. The highest BCUT2D eigenvalue weighted by Crippen LogP contribution is 2.48. The van der Waals surface area contributed by atoms with E-state index in [1.807, 2.05) is 0 Å². The Morgan fingerprint density at radius 1 is 1.19 bits per heavy atom. The van der Waals surface area contributed by atoms with Gasteiger partial charge in [-0.05, 0) is 41.9 Å². The van der Waals surface area contributed by atoms with Crippen molar-refractivity contribution in [3.05, 3.63) is 12.2 Å². The van der Waals surface area contributed by atoms with E-state index in [1.54, 1.807) is 0 Å². The molecule has 0 bridgehead atoms.